The minimum atomic E-state index is -0.217. The van der Waals surface area contributed by atoms with Crippen molar-refractivity contribution in [1.29, 1.82) is 0 Å². The van der Waals surface area contributed by atoms with Gasteiger partial charge in [-0.3, -0.25) is 4.39 Å². The summed E-state index contributed by atoms with van der Waals surface area (Å²) in [4.78, 5) is 2.45. The highest BCUT2D eigenvalue weighted by Gasteiger charge is 2.29. The summed E-state index contributed by atoms with van der Waals surface area (Å²) in [5, 5.41) is 2.52. The minimum absolute atomic E-state index is 0.139. The molecular formula is C30H38FNO2. The van der Waals surface area contributed by atoms with Gasteiger partial charge in [-0.1, -0.05) is 56.7 Å². The summed E-state index contributed by atoms with van der Waals surface area (Å²) in [7, 11) is 3.47. The SMILES string of the molecule is CCCc1cccc2c(-c3c(OC)cc(CCN4CCC(C)(CF)CC4)cc3OC)cccc12. The Balaban J connectivity index is 1.64. The molecule has 0 unspecified atom stereocenters. The van der Waals surface area contributed by atoms with Crippen LogP contribution in [0.25, 0.3) is 21.9 Å². The van der Waals surface area contributed by atoms with Crippen molar-refractivity contribution >= 4 is 10.8 Å². The Morgan fingerprint density at radius 3 is 2.18 bits per heavy atom. The Morgan fingerprint density at radius 1 is 0.912 bits per heavy atom. The molecule has 1 saturated heterocycles. The quantitative estimate of drug-likeness (QED) is 0.338. The van der Waals surface area contributed by atoms with Crippen LogP contribution in [0.15, 0.2) is 48.5 Å². The molecule has 1 aliphatic heterocycles. The van der Waals surface area contributed by atoms with Crippen molar-refractivity contribution in [2.45, 2.75) is 46.0 Å². The Kier molecular flexibility index (Phi) is 7.77. The normalized spacial score (nSPS) is 16.0. The molecule has 0 N–H and O–H groups in total. The number of rotatable bonds is 9. The zero-order valence-electron chi connectivity index (χ0n) is 21.1. The molecule has 0 saturated carbocycles. The first-order valence-corrected chi connectivity index (χ1v) is 12.6. The van der Waals surface area contributed by atoms with E-state index in [-0.39, 0.29) is 12.1 Å². The molecule has 0 aromatic heterocycles. The zero-order chi connectivity index (χ0) is 24.1. The summed E-state index contributed by atoms with van der Waals surface area (Å²) in [5.74, 6) is 1.68. The standard InChI is InChI=1S/C30H38FNO2/c1-5-8-23-9-6-11-25-24(23)10-7-12-26(25)29-27(33-3)19-22(20-28(29)34-4)13-16-32-17-14-30(2,21-31)15-18-32/h6-7,9-12,19-20H,5,8,13-18,21H2,1-4H3. The van der Waals surface area contributed by atoms with Crippen molar-refractivity contribution in [1.82, 2.24) is 4.90 Å². The van der Waals surface area contributed by atoms with Crippen LogP contribution in [0.3, 0.4) is 0 Å². The molecule has 3 aromatic carbocycles. The molecule has 182 valence electrons. The average molecular weight is 464 g/mol. The Hall–Kier alpha value is -2.59. The van der Waals surface area contributed by atoms with E-state index < -0.39 is 0 Å². The molecule has 4 rings (SSSR count). The van der Waals surface area contributed by atoms with Crippen molar-refractivity contribution in [3.63, 3.8) is 0 Å². The second-order valence-electron chi connectivity index (χ2n) is 9.98. The number of hydrogen-bond acceptors (Lipinski definition) is 3. The van der Waals surface area contributed by atoms with E-state index in [9.17, 15) is 4.39 Å². The fraction of sp³-hybridized carbons (Fsp3) is 0.467. The molecular weight excluding hydrogens is 425 g/mol. The van der Waals surface area contributed by atoms with Crippen LogP contribution in [-0.4, -0.2) is 45.4 Å². The number of methoxy groups -OCH3 is 2. The monoisotopic (exact) mass is 463 g/mol. The highest BCUT2D eigenvalue weighted by molar-refractivity contribution is 6.01. The Bertz CT molecular complexity index is 1090. The van der Waals surface area contributed by atoms with Crippen LogP contribution in [0.5, 0.6) is 11.5 Å². The van der Waals surface area contributed by atoms with Crippen molar-refractivity contribution in [2.24, 2.45) is 5.41 Å². The lowest BCUT2D eigenvalue weighted by atomic mass is 9.82. The Morgan fingerprint density at radius 2 is 1.56 bits per heavy atom. The molecule has 0 atom stereocenters. The minimum Gasteiger partial charge on any atom is -0.496 e. The number of piperidine rings is 1. The number of fused-ring (bicyclic) bond motifs is 1. The first-order chi connectivity index (χ1) is 16.5. The first kappa shape index (κ1) is 24.5. The zero-order valence-corrected chi connectivity index (χ0v) is 21.1. The second kappa shape index (κ2) is 10.8. The lowest BCUT2D eigenvalue weighted by molar-refractivity contribution is 0.0940. The van der Waals surface area contributed by atoms with Gasteiger partial charge in [0, 0.05) is 6.54 Å². The molecule has 0 radical (unpaired) electrons. The van der Waals surface area contributed by atoms with Gasteiger partial charge in [0.15, 0.2) is 0 Å². The van der Waals surface area contributed by atoms with Crippen LogP contribution in [0.4, 0.5) is 4.39 Å². The fourth-order valence-electron chi connectivity index (χ4n) is 5.19. The van der Waals surface area contributed by atoms with Gasteiger partial charge in [0.1, 0.15) is 11.5 Å². The number of aryl methyl sites for hydroxylation is 1. The van der Waals surface area contributed by atoms with Crippen molar-refractivity contribution in [3.8, 4) is 22.6 Å². The number of nitrogens with zero attached hydrogens (tertiary/aromatic N) is 1. The van der Waals surface area contributed by atoms with E-state index in [4.69, 9.17) is 9.47 Å². The summed E-state index contributed by atoms with van der Waals surface area (Å²) < 4.78 is 25.1. The molecule has 3 aromatic rings. The van der Waals surface area contributed by atoms with Gasteiger partial charge >= 0.3 is 0 Å². The molecule has 1 fully saturated rings. The van der Waals surface area contributed by atoms with E-state index in [1.807, 2.05) is 0 Å². The summed E-state index contributed by atoms with van der Waals surface area (Å²) in [6.45, 7) is 6.95. The lowest BCUT2D eigenvalue weighted by Crippen LogP contribution is -2.40. The number of halogens is 1. The molecule has 0 aliphatic carbocycles. The molecule has 3 nitrogen and oxygen atoms in total. The number of benzene rings is 3. The molecule has 0 spiro atoms. The van der Waals surface area contributed by atoms with E-state index in [0.717, 1.165) is 74.4 Å². The molecule has 1 aliphatic rings. The third-order valence-electron chi connectivity index (χ3n) is 7.47. The first-order valence-electron chi connectivity index (χ1n) is 12.6. The van der Waals surface area contributed by atoms with Gasteiger partial charge in [0.25, 0.3) is 0 Å². The van der Waals surface area contributed by atoms with Gasteiger partial charge in [-0.2, -0.15) is 0 Å². The summed E-state index contributed by atoms with van der Waals surface area (Å²) in [6, 6.07) is 17.4. The smallest absolute Gasteiger partial charge is 0.130 e. The lowest BCUT2D eigenvalue weighted by Gasteiger charge is -2.37. The Labute approximate surface area is 203 Å². The van der Waals surface area contributed by atoms with Crippen LogP contribution in [-0.2, 0) is 12.8 Å². The maximum Gasteiger partial charge on any atom is 0.130 e. The molecule has 0 bridgehead atoms. The third kappa shape index (κ3) is 5.07. The average Bonchev–Trinajstić information content (AvgIpc) is 2.88. The van der Waals surface area contributed by atoms with E-state index in [1.165, 1.54) is 21.9 Å². The van der Waals surface area contributed by atoms with Gasteiger partial charge in [-0.15, -0.1) is 0 Å². The number of alkyl halides is 1. The van der Waals surface area contributed by atoms with Crippen molar-refractivity contribution in [3.05, 3.63) is 59.7 Å². The third-order valence-corrected chi connectivity index (χ3v) is 7.47. The van der Waals surface area contributed by atoms with E-state index in [0.29, 0.717) is 0 Å². The van der Waals surface area contributed by atoms with Crippen molar-refractivity contribution in [2.75, 3.05) is 40.5 Å². The predicted molar refractivity (Wildman–Crippen MR) is 140 cm³/mol. The van der Waals surface area contributed by atoms with Gasteiger partial charge in [-0.05, 0) is 83.8 Å². The van der Waals surface area contributed by atoms with Crippen molar-refractivity contribution < 1.29 is 13.9 Å². The topological polar surface area (TPSA) is 21.7 Å². The number of likely N-dealkylation sites (tertiary alicyclic amines) is 1. The van der Waals surface area contributed by atoms with E-state index >= 15 is 0 Å². The molecule has 0 amide bonds. The van der Waals surface area contributed by atoms with E-state index in [2.05, 4.69) is 67.3 Å². The highest BCUT2D eigenvalue weighted by Crippen LogP contribution is 2.43. The van der Waals surface area contributed by atoms with Crippen LogP contribution in [0.1, 0.15) is 44.2 Å². The maximum atomic E-state index is 13.3. The van der Waals surface area contributed by atoms with Gasteiger partial charge in [0.2, 0.25) is 0 Å². The van der Waals surface area contributed by atoms with Gasteiger partial charge in [-0.25, -0.2) is 0 Å². The van der Waals surface area contributed by atoms with Gasteiger partial charge < -0.3 is 14.4 Å². The second-order valence-corrected chi connectivity index (χ2v) is 9.98. The van der Waals surface area contributed by atoms with Crippen LogP contribution < -0.4 is 9.47 Å². The highest BCUT2D eigenvalue weighted by atomic mass is 19.1. The molecule has 4 heteroatoms. The summed E-state index contributed by atoms with van der Waals surface area (Å²) in [5.41, 5.74) is 4.58. The van der Waals surface area contributed by atoms with Crippen LogP contribution >= 0.6 is 0 Å². The number of ether oxygens (including phenoxy) is 2. The van der Waals surface area contributed by atoms with Crippen LogP contribution in [0.2, 0.25) is 0 Å². The number of hydrogen-bond donors (Lipinski definition) is 0. The molecule has 1 heterocycles. The summed E-state index contributed by atoms with van der Waals surface area (Å²) in [6.07, 6.45) is 4.95. The summed E-state index contributed by atoms with van der Waals surface area (Å²) >= 11 is 0. The maximum absolute atomic E-state index is 13.3. The van der Waals surface area contributed by atoms with Gasteiger partial charge in [0.05, 0.1) is 26.5 Å². The van der Waals surface area contributed by atoms with E-state index in [1.54, 1.807) is 14.2 Å². The largest absolute Gasteiger partial charge is 0.496 e. The van der Waals surface area contributed by atoms with Crippen LogP contribution in [0, 0.1) is 5.41 Å². The fourth-order valence-corrected chi connectivity index (χ4v) is 5.19. The molecule has 34 heavy (non-hydrogen) atoms. The predicted octanol–water partition coefficient (Wildman–Crippen LogP) is 7.09.